The average Bonchev–Trinajstić information content (AvgIpc) is 3.06. The van der Waals surface area contributed by atoms with Gasteiger partial charge in [-0.3, -0.25) is 0 Å². The van der Waals surface area contributed by atoms with Gasteiger partial charge in [0.15, 0.2) is 0 Å². The fourth-order valence-electron chi connectivity index (χ4n) is 6.44. The molecule has 0 aromatic carbocycles. The van der Waals surface area contributed by atoms with Gasteiger partial charge in [-0.2, -0.15) is 0 Å². The SMILES string of the molecule is CCCCCCCCC=CCCCCCCCCCCCCOC(=O)C=CCCCCCCCCCCCCCCCCCCC. The molecule has 0 aliphatic carbocycles. The number of hydrogen-bond acceptors (Lipinski definition) is 2. The molecule has 272 valence electrons. The zero-order chi connectivity index (χ0) is 33.3. The highest BCUT2D eigenvalue weighted by Gasteiger charge is 1.99. The van der Waals surface area contributed by atoms with Crippen LogP contribution in [0.1, 0.15) is 245 Å². The van der Waals surface area contributed by atoms with Crippen molar-refractivity contribution < 1.29 is 9.53 Å². The van der Waals surface area contributed by atoms with Gasteiger partial charge in [-0.25, -0.2) is 4.79 Å². The first-order valence-corrected chi connectivity index (χ1v) is 21.3. The lowest BCUT2D eigenvalue weighted by atomic mass is 10.0. The van der Waals surface area contributed by atoms with E-state index in [1.807, 2.05) is 6.08 Å². The van der Waals surface area contributed by atoms with E-state index in [4.69, 9.17) is 4.74 Å². The lowest BCUT2D eigenvalue weighted by Gasteiger charge is -2.04. The number of allylic oxidation sites excluding steroid dienone is 3. The Morgan fingerprint density at radius 1 is 0.348 bits per heavy atom. The number of hydrogen-bond donors (Lipinski definition) is 0. The van der Waals surface area contributed by atoms with Crippen molar-refractivity contribution >= 4 is 5.97 Å². The minimum atomic E-state index is -0.153. The molecule has 0 bridgehead atoms. The zero-order valence-corrected chi connectivity index (χ0v) is 31.8. The fraction of sp³-hybridized carbons (Fsp3) is 0.886. The standard InChI is InChI=1S/C44H84O2/c1-3-5-7-9-11-13-15-17-19-21-23-25-27-29-31-33-35-37-39-41-43-46-44(45)42-40-38-36-34-32-30-28-26-24-22-20-18-16-14-12-10-8-6-4-2/h17,19,40,42H,3-16,18,20-39,41,43H2,1-2H3. The Bertz CT molecular complexity index is 621. The van der Waals surface area contributed by atoms with Crippen LogP contribution < -0.4 is 0 Å². The second-order valence-corrected chi connectivity index (χ2v) is 14.4. The predicted octanol–water partition coefficient (Wildman–Crippen LogP) is 15.7. The summed E-state index contributed by atoms with van der Waals surface area (Å²) in [4.78, 5) is 11.9. The third kappa shape index (κ3) is 41.0. The lowest BCUT2D eigenvalue weighted by Crippen LogP contribution is -2.02. The third-order valence-corrected chi connectivity index (χ3v) is 9.63. The fourth-order valence-corrected chi connectivity index (χ4v) is 6.44. The maximum absolute atomic E-state index is 11.9. The van der Waals surface area contributed by atoms with Crippen LogP contribution in [0.5, 0.6) is 0 Å². The number of carbonyl (C=O) groups is 1. The van der Waals surface area contributed by atoms with Crippen LogP contribution in [0.3, 0.4) is 0 Å². The smallest absolute Gasteiger partial charge is 0.330 e. The highest BCUT2D eigenvalue weighted by atomic mass is 16.5. The second-order valence-electron chi connectivity index (χ2n) is 14.4. The van der Waals surface area contributed by atoms with E-state index in [-0.39, 0.29) is 5.97 Å². The van der Waals surface area contributed by atoms with Crippen molar-refractivity contribution in [1.29, 1.82) is 0 Å². The largest absolute Gasteiger partial charge is 0.463 e. The summed E-state index contributed by atoms with van der Waals surface area (Å²) in [5, 5.41) is 0. The van der Waals surface area contributed by atoms with Crippen LogP contribution in [-0.4, -0.2) is 12.6 Å². The van der Waals surface area contributed by atoms with Gasteiger partial charge in [0.2, 0.25) is 0 Å². The van der Waals surface area contributed by atoms with Crippen LogP contribution >= 0.6 is 0 Å². The summed E-state index contributed by atoms with van der Waals surface area (Å²) in [5.74, 6) is -0.153. The molecule has 46 heavy (non-hydrogen) atoms. The molecule has 2 nitrogen and oxygen atoms in total. The molecule has 0 amide bonds. The Morgan fingerprint density at radius 3 is 0.935 bits per heavy atom. The topological polar surface area (TPSA) is 26.3 Å². The number of unbranched alkanes of at least 4 members (excludes halogenated alkanes) is 33. The Labute approximate surface area is 290 Å². The van der Waals surface area contributed by atoms with E-state index in [9.17, 15) is 4.79 Å². The molecule has 0 unspecified atom stereocenters. The summed E-state index contributed by atoms with van der Waals surface area (Å²) in [7, 11) is 0. The van der Waals surface area contributed by atoms with Crippen molar-refractivity contribution in [2.45, 2.75) is 245 Å². The van der Waals surface area contributed by atoms with Crippen LogP contribution in [0.25, 0.3) is 0 Å². The van der Waals surface area contributed by atoms with Gasteiger partial charge in [0.1, 0.15) is 0 Å². The molecule has 0 saturated carbocycles. The first-order valence-electron chi connectivity index (χ1n) is 21.3. The molecule has 2 heteroatoms. The average molecular weight is 645 g/mol. The first kappa shape index (κ1) is 45.0. The number of rotatable bonds is 39. The minimum absolute atomic E-state index is 0.153. The van der Waals surface area contributed by atoms with Gasteiger partial charge in [0.25, 0.3) is 0 Å². The van der Waals surface area contributed by atoms with Crippen LogP contribution in [0.15, 0.2) is 24.3 Å². The quantitative estimate of drug-likeness (QED) is 0.0288. The molecular formula is C44H84O2. The maximum Gasteiger partial charge on any atom is 0.330 e. The van der Waals surface area contributed by atoms with Crippen molar-refractivity contribution in [2.24, 2.45) is 0 Å². The summed E-state index contributed by atoms with van der Waals surface area (Å²) < 4.78 is 5.39. The molecule has 0 spiro atoms. The summed E-state index contributed by atoms with van der Waals surface area (Å²) in [6, 6.07) is 0. The summed E-state index contributed by atoms with van der Waals surface area (Å²) in [5.41, 5.74) is 0. The highest BCUT2D eigenvalue weighted by Crippen LogP contribution is 2.15. The van der Waals surface area contributed by atoms with Gasteiger partial charge in [-0.05, 0) is 44.9 Å². The molecule has 0 radical (unpaired) electrons. The van der Waals surface area contributed by atoms with Crippen LogP contribution in [0.4, 0.5) is 0 Å². The lowest BCUT2D eigenvalue weighted by molar-refractivity contribution is -0.137. The Kier molecular flexibility index (Phi) is 41.0. The Hall–Kier alpha value is -1.05. The van der Waals surface area contributed by atoms with E-state index in [1.54, 1.807) is 6.08 Å². The van der Waals surface area contributed by atoms with Crippen molar-refractivity contribution in [2.75, 3.05) is 6.61 Å². The molecular weight excluding hydrogens is 560 g/mol. The van der Waals surface area contributed by atoms with Gasteiger partial charge < -0.3 is 4.74 Å². The van der Waals surface area contributed by atoms with Crippen LogP contribution in [0.2, 0.25) is 0 Å². The Morgan fingerprint density at radius 2 is 0.609 bits per heavy atom. The zero-order valence-electron chi connectivity index (χ0n) is 31.8. The molecule has 0 aliphatic rings. The van der Waals surface area contributed by atoms with Crippen molar-refractivity contribution in [3.8, 4) is 0 Å². The molecule has 0 aromatic rings. The molecule has 0 atom stereocenters. The minimum Gasteiger partial charge on any atom is -0.463 e. The van der Waals surface area contributed by atoms with Gasteiger partial charge >= 0.3 is 5.97 Å². The summed E-state index contributed by atoms with van der Waals surface area (Å²) in [6.45, 7) is 5.16. The second kappa shape index (κ2) is 42.0. The number of ether oxygens (including phenoxy) is 1. The molecule has 0 aromatic heterocycles. The van der Waals surface area contributed by atoms with Gasteiger partial charge in [0.05, 0.1) is 6.61 Å². The molecule has 0 heterocycles. The van der Waals surface area contributed by atoms with Gasteiger partial charge in [0, 0.05) is 6.08 Å². The van der Waals surface area contributed by atoms with Crippen molar-refractivity contribution in [3.63, 3.8) is 0 Å². The van der Waals surface area contributed by atoms with E-state index in [0.717, 1.165) is 12.8 Å². The highest BCUT2D eigenvalue weighted by molar-refractivity contribution is 5.81. The van der Waals surface area contributed by atoms with E-state index in [0.29, 0.717) is 6.61 Å². The summed E-state index contributed by atoms with van der Waals surface area (Å²) >= 11 is 0. The van der Waals surface area contributed by atoms with E-state index in [1.165, 1.54) is 218 Å². The van der Waals surface area contributed by atoms with E-state index in [2.05, 4.69) is 26.0 Å². The third-order valence-electron chi connectivity index (χ3n) is 9.63. The number of carbonyl (C=O) groups excluding carboxylic acids is 1. The van der Waals surface area contributed by atoms with Gasteiger partial charge in [-0.1, -0.05) is 218 Å². The first-order chi connectivity index (χ1) is 22.8. The molecule has 0 saturated heterocycles. The molecule has 0 fully saturated rings. The number of esters is 1. The van der Waals surface area contributed by atoms with Crippen molar-refractivity contribution in [3.05, 3.63) is 24.3 Å². The summed E-state index contributed by atoms with van der Waals surface area (Å²) in [6.07, 6.45) is 57.4. The maximum atomic E-state index is 11.9. The van der Waals surface area contributed by atoms with E-state index >= 15 is 0 Å². The molecule has 0 aliphatic heterocycles. The van der Waals surface area contributed by atoms with Crippen LogP contribution in [-0.2, 0) is 9.53 Å². The monoisotopic (exact) mass is 645 g/mol. The van der Waals surface area contributed by atoms with Crippen LogP contribution in [0, 0.1) is 0 Å². The molecule has 0 rings (SSSR count). The predicted molar refractivity (Wildman–Crippen MR) is 207 cm³/mol. The van der Waals surface area contributed by atoms with Crippen molar-refractivity contribution in [1.82, 2.24) is 0 Å². The normalized spacial score (nSPS) is 11.8. The Balaban J connectivity index is 3.23. The van der Waals surface area contributed by atoms with E-state index < -0.39 is 0 Å². The van der Waals surface area contributed by atoms with Gasteiger partial charge in [-0.15, -0.1) is 0 Å². The molecule has 0 N–H and O–H groups in total.